The summed E-state index contributed by atoms with van der Waals surface area (Å²) in [6.07, 6.45) is 0. The fourth-order valence-corrected chi connectivity index (χ4v) is 3.79. The highest BCUT2D eigenvalue weighted by atomic mass is 16.1. The van der Waals surface area contributed by atoms with Gasteiger partial charge in [0.2, 0.25) is 0 Å². The fourth-order valence-electron chi connectivity index (χ4n) is 3.79. The molecule has 3 heterocycles. The number of aromatic nitrogens is 2. The predicted octanol–water partition coefficient (Wildman–Crippen LogP) is 2.20. The summed E-state index contributed by atoms with van der Waals surface area (Å²) >= 11 is 0. The third-order valence-corrected chi connectivity index (χ3v) is 5.18. The highest BCUT2D eigenvalue weighted by Gasteiger charge is 2.22. The zero-order chi connectivity index (χ0) is 18.2. The molecule has 3 aromatic rings. The zero-order valence-electron chi connectivity index (χ0n) is 14.9. The van der Waals surface area contributed by atoms with E-state index in [4.69, 9.17) is 0 Å². The van der Waals surface area contributed by atoms with E-state index in [-0.39, 0.29) is 5.56 Å². The minimum Gasteiger partial charge on any atom is -0.369 e. The Bertz CT molecular complexity index is 1070. The molecule has 2 aliphatic heterocycles. The van der Waals surface area contributed by atoms with Crippen LogP contribution in [0.5, 0.6) is 0 Å². The number of nitrogens with zero attached hydrogens (tertiary/aromatic N) is 4. The molecule has 0 aliphatic carbocycles. The molecule has 7 heteroatoms. The molecule has 0 radical (unpaired) electrons. The number of anilines is 2. The minimum atomic E-state index is -0.187. The molecule has 5 rings (SSSR count). The molecule has 7 nitrogen and oxygen atoms in total. The van der Waals surface area contributed by atoms with Gasteiger partial charge >= 0.3 is 0 Å². The third-order valence-electron chi connectivity index (χ3n) is 5.18. The van der Waals surface area contributed by atoms with Gasteiger partial charge < -0.3 is 10.2 Å². The first kappa shape index (κ1) is 16.0. The number of amidine groups is 1. The van der Waals surface area contributed by atoms with Crippen molar-refractivity contribution in [2.75, 3.05) is 42.9 Å². The quantitative estimate of drug-likeness (QED) is 0.749. The van der Waals surface area contributed by atoms with Crippen LogP contribution in [0.3, 0.4) is 0 Å². The largest absolute Gasteiger partial charge is 0.369 e. The van der Waals surface area contributed by atoms with E-state index in [0.29, 0.717) is 11.2 Å². The lowest BCUT2D eigenvalue weighted by Crippen LogP contribution is -2.48. The number of H-pyrrole nitrogens is 1. The Labute approximate surface area is 156 Å². The molecule has 2 aromatic carbocycles. The Kier molecular flexibility index (Phi) is 3.86. The van der Waals surface area contributed by atoms with Crippen LogP contribution < -0.4 is 15.8 Å². The summed E-state index contributed by atoms with van der Waals surface area (Å²) in [7, 11) is 0. The van der Waals surface area contributed by atoms with Gasteiger partial charge in [-0.25, -0.2) is 10.1 Å². The van der Waals surface area contributed by atoms with E-state index in [1.807, 2.05) is 18.2 Å². The summed E-state index contributed by atoms with van der Waals surface area (Å²) in [5.41, 5.74) is 1.99. The number of piperazine rings is 1. The average Bonchev–Trinajstić information content (AvgIpc) is 2.72. The van der Waals surface area contributed by atoms with Crippen LogP contribution in [-0.2, 0) is 0 Å². The topological polar surface area (TPSA) is 76.6 Å². The van der Waals surface area contributed by atoms with Crippen molar-refractivity contribution in [3.63, 3.8) is 0 Å². The van der Waals surface area contributed by atoms with Crippen molar-refractivity contribution in [1.29, 1.82) is 0 Å². The van der Waals surface area contributed by atoms with Gasteiger partial charge in [-0.2, -0.15) is 5.10 Å². The van der Waals surface area contributed by atoms with Crippen LogP contribution in [0, 0.1) is 0 Å². The Morgan fingerprint density at radius 2 is 1.78 bits per heavy atom. The van der Waals surface area contributed by atoms with Crippen LogP contribution in [0.15, 0.2) is 58.3 Å². The first-order valence-electron chi connectivity index (χ1n) is 9.16. The number of nitrogens with one attached hydrogen (secondary N) is 2. The van der Waals surface area contributed by atoms with E-state index >= 15 is 0 Å². The summed E-state index contributed by atoms with van der Waals surface area (Å²) in [6.45, 7) is 4.68. The highest BCUT2D eigenvalue weighted by Crippen LogP contribution is 2.31. The molecule has 1 saturated heterocycles. The fraction of sp³-hybridized carbons (Fsp3) is 0.250. The molecule has 136 valence electrons. The van der Waals surface area contributed by atoms with Gasteiger partial charge in [-0.15, -0.1) is 0 Å². The number of aliphatic imine (C=N–C) groups is 1. The Balaban J connectivity index is 1.32. The molecule has 0 bridgehead atoms. The second kappa shape index (κ2) is 6.51. The van der Waals surface area contributed by atoms with E-state index in [2.05, 4.69) is 54.6 Å². The number of hydrogen-bond donors (Lipinski definition) is 2. The molecule has 2 aliphatic rings. The SMILES string of the molecule is O=c1[nH]nc2c3c(cccc13)NC(CN1CCN(c3ccccc3)CC1)=N2. The van der Waals surface area contributed by atoms with Gasteiger partial charge in [0.1, 0.15) is 5.84 Å². The summed E-state index contributed by atoms with van der Waals surface area (Å²) < 4.78 is 0. The molecular formula is C20H20N6O. The van der Waals surface area contributed by atoms with Crippen LogP contribution in [-0.4, -0.2) is 53.7 Å². The van der Waals surface area contributed by atoms with Crippen molar-refractivity contribution < 1.29 is 0 Å². The van der Waals surface area contributed by atoms with Crippen LogP contribution in [0.1, 0.15) is 0 Å². The first-order chi connectivity index (χ1) is 13.3. The third kappa shape index (κ3) is 2.96. The maximum Gasteiger partial charge on any atom is 0.272 e. The van der Waals surface area contributed by atoms with Gasteiger partial charge in [0.25, 0.3) is 5.56 Å². The van der Waals surface area contributed by atoms with Crippen LogP contribution in [0.2, 0.25) is 0 Å². The van der Waals surface area contributed by atoms with E-state index in [0.717, 1.165) is 49.6 Å². The van der Waals surface area contributed by atoms with E-state index in [9.17, 15) is 4.79 Å². The molecule has 0 atom stereocenters. The second-order valence-electron chi connectivity index (χ2n) is 6.89. The van der Waals surface area contributed by atoms with Crippen LogP contribution >= 0.6 is 0 Å². The molecular weight excluding hydrogens is 340 g/mol. The molecule has 2 N–H and O–H groups in total. The number of aromatic amines is 1. The average molecular weight is 360 g/mol. The Hall–Kier alpha value is -3.19. The molecule has 0 amide bonds. The molecule has 1 fully saturated rings. The summed E-state index contributed by atoms with van der Waals surface area (Å²) in [5, 5.41) is 11.5. The second-order valence-corrected chi connectivity index (χ2v) is 6.89. The van der Waals surface area contributed by atoms with Crippen molar-refractivity contribution in [2.24, 2.45) is 4.99 Å². The predicted molar refractivity (Wildman–Crippen MR) is 108 cm³/mol. The maximum absolute atomic E-state index is 12.0. The number of benzene rings is 2. The smallest absolute Gasteiger partial charge is 0.272 e. The molecule has 0 spiro atoms. The lowest BCUT2D eigenvalue weighted by molar-refractivity contribution is 0.291. The number of rotatable bonds is 3. The van der Waals surface area contributed by atoms with Gasteiger partial charge in [-0.05, 0) is 24.3 Å². The normalized spacial score (nSPS) is 16.9. The molecule has 0 unspecified atom stereocenters. The maximum atomic E-state index is 12.0. The summed E-state index contributed by atoms with van der Waals surface area (Å²) in [6, 6.07) is 16.2. The number of hydrogen-bond acceptors (Lipinski definition) is 6. The van der Waals surface area contributed by atoms with Gasteiger partial charge in [0.15, 0.2) is 5.82 Å². The van der Waals surface area contributed by atoms with Crippen molar-refractivity contribution in [3.8, 4) is 0 Å². The molecule has 1 aromatic heterocycles. The first-order valence-corrected chi connectivity index (χ1v) is 9.16. The minimum absolute atomic E-state index is 0.187. The monoisotopic (exact) mass is 360 g/mol. The van der Waals surface area contributed by atoms with Gasteiger partial charge in [-0.1, -0.05) is 24.3 Å². The van der Waals surface area contributed by atoms with Crippen LogP contribution in [0.4, 0.5) is 17.2 Å². The van der Waals surface area contributed by atoms with Crippen molar-refractivity contribution in [2.45, 2.75) is 0 Å². The highest BCUT2D eigenvalue weighted by molar-refractivity contribution is 6.12. The van der Waals surface area contributed by atoms with Crippen LogP contribution in [0.25, 0.3) is 10.8 Å². The van der Waals surface area contributed by atoms with Gasteiger partial charge in [-0.3, -0.25) is 9.69 Å². The van der Waals surface area contributed by atoms with E-state index in [1.165, 1.54) is 5.69 Å². The van der Waals surface area contributed by atoms with Gasteiger partial charge in [0.05, 0.1) is 23.0 Å². The van der Waals surface area contributed by atoms with Crippen molar-refractivity contribution in [3.05, 3.63) is 58.9 Å². The molecule has 27 heavy (non-hydrogen) atoms. The van der Waals surface area contributed by atoms with E-state index in [1.54, 1.807) is 6.07 Å². The lowest BCUT2D eigenvalue weighted by Gasteiger charge is -2.36. The van der Waals surface area contributed by atoms with Crippen molar-refractivity contribution in [1.82, 2.24) is 15.1 Å². The lowest BCUT2D eigenvalue weighted by atomic mass is 10.1. The number of para-hydroxylation sites is 1. The standard InChI is InChI=1S/C20H20N6O/c27-20-15-7-4-8-16-18(15)19(23-24-20)22-17(21-16)13-25-9-11-26(12-10-25)14-5-2-1-3-6-14/h1-8H,9-13H2,(H,24,27)(H,21,22,23). The zero-order valence-corrected chi connectivity index (χ0v) is 14.9. The van der Waals surface area contributed by atoms with Crippen molar-refractivity contribution >= 4 is 33.8 Å². The Morgan fingerprint density at radius 3 is 2.59 bits per heavy atom. The van der Waals surface area contributed by atoms with Gasteiger partial charge in [0, 0.05) is 31.9 Å². The summed E-state index contributed by atoms with van der Waals surface area (Å²) in [5.74, 6) is 1.44. The molecule has 0 saturated carbocycles. The summed E-state index contributed by atoms with van der Waals surface area (Å²) in [4.78, 5) is 21.4. The van der Waals surface area contributed by atoms with E-state index < -0.39 is 0 Å². The Morgan fingerprint density at radius 1 is 0.963 bits per heavy atom.